The van der Waals surface area contributed by atoms with Crippen LogP contribution in [0, 0.1) is 5.82 Å². The molecule has 0 heterocycles. The standard InChI is InChI=1S/C16H25FN2O/c1-4-5-6-7-8-12(2)18-14-9-10-15(17)16(11-14)19-13(3)20/h9-12,18H,4-8H2,1-3H3,(H,19,20). The lowest BCUT2D eigenvalue weighted by atomic mass is 10.1. The van der Waals surface area contributed by atoms with E-state index in [1.165, 1.54) is 38.7 Å². The van der Waals surface area contributed by atoms with E-state index in [-0.39, 0.29) is 11.6 Å². The Balaban J connectivity index is 2.52. The van der Waals surface area contributed by atoms with Crippen molar-refractivity contribution in [2.24, 2.45) is 0 Å². The zero-order valence-electron chi connectivity index (χ0n) is 12.6. The van der Waals surface area contributed by atoms with Gasteiger partial charge in [-0.2, -0.15) is 0 Å². The second-order valence-electron chi connectivity index (χ2n) is 5.27. The summed E-state index contributed by atoms with van der Waals surface area (Å²) in [5.41, 5.74) is 1.05. The van der Waals surface area contributed by atoms with E-state index in [0.29, 0.717) is 6.04 Å². The van der Waals surface area contributed by atoms with E-state index in [9.17, 15) is 9.18 Å². The molecule has 112 valence electrons. The predicted molar refractivity (Wildman–Crippen MR) is 82.5 cm³/mol. The average Bonchev–Trinajstić information content (AvgIpc) is 2.38. The molecular formula is C16H25FN2O. The lowest BCUT2D eigenvalue weighted by Crippen LogP contribution is -2.15. The summed E-state index contributed by atoms with van der Waals surface area (Å²) in [6, 6.07) is 5.04. The van der Waals surface area contributed by atoms with Gasteiger partial charge in [-0.05, 0) is 31.5 Å². The number of hydrogen-bond acceptors (Lipinski definition) is 2. The molecule has 4 heteroatoms. The molecule has 0 aliphatic heterocycles. The van der Waals surface area contributed by atoms with Gasteiger partial charge in [0.2, 0.25) is 5.91 Å². The minimum absolute atomic E-state index is 0.223. The van der Waals surface area contributed by atoms with Gasteiger partial charge in [-0.15, -0.1) is 0 Å². The Kier molecular flexibility index (Phi) is 7.05. The summed E-state index contributed by atoms with van der Waals surface area (Å²) in [6.07, 6.45) is 6.05. The molecule has 0 aliphatic carbocycles. The van der Waals surface area contributed by atoms with Crippen LogP contribution in [0.5, 0.6) is 0 Å². The Morgan fingerprint density at radius 1 is 1.30 bits per heavy atom. The number of carbonyl (C=O) groups is 1. The number of halogens is 1. The monoisotopic (exact) mass is 280 g/mol. The first-order chi connectivity index (χ1) is 9.52. The third-order valence-electron chi connectivity index (χ3n) is 3.18. The van der Waals surface area contributed by atoms with Gasteiger partial charge in [0.05, 0.1) is 5.69 Å². The molecule has 20 heavy (non-hydrogen) atoms. The molecule has 1 unspecified atom stereocenters. The highest BCUT2D eigenvalue weighted by atomic mass is 19.1. The molecule has 3 nitrogen and oxygen atoms in total. The molecule has 0 radical (unpaired) electrons. The van der Waals surface area contributed by atoms with Crippen LogP contribution in [-0.4, -0.2) is 11.9 Å². The number of nitrogens with one attached hydrogen (secondary N) is 2. The van der Waals surface area contributed by atoms with E-state index < -0.39 is 5.82 Å². The summed E-state index contributed by atoms with van der Waals surface area (Å²) in [4.78, 5) is 11.0. The van der Waals surface area contributed by atoms with E-state index in [1.807, 2.05) is 0 Å². The molecule has 1 atom stereocenters. The Hall–Kier alpha value is -1.58. The maximum Gasteiger partial charge on any atom is 0.221 e. The van der Waals surface area contributed by atoms with Gasteiger partial charge in [-0.1, -0.05) is 32.6 Å². The molecule has 1 amide bonds. The van der Waals surface area contributed by atoms with Gasteiger partial charge < -0.3 is 10.6 Å². The molecule has 0 bridgehead atoms. The summed E-state index contributed by atoms with van der Waals surface area (Å²) in [7, 11) is 0. The van der Waals surface area contributed by atoms with Crippen molar-refractivity contribution >= 4 is 17.3 Å². The number of benzene rings is 1. The summed E-state index contributed by atoms with van der Waals surface area (Å²) in [5, 5.41) is 5.83. The SMILES string of the molecule is CCCCCCC(C)Nc1ccc(F)c(NC(C)=O)c1. The van der Waals surface area contributed by atoms with Gasteiger partial charge in [0.25, 0.3) is 0 Å². The third-order valence-corrected chi connectivity index (χ3v) is 3.18. The zero-order chi connectivity index (χ0) is 15.0. The van der Waals surface area contributed by atoms with E-state index in [0.717, 1.165) is 12.1 Å². The molecule has 0 fully saturated rings. The van der Waals surface area contributed by atoms with E-state index in [1.54, 1.807) is 12.1 Å². The summed E-state index contributed by atoms with van der Waals surface area (Å²) < 4.78 is 13.5. The smallest absolute Gasteiger partial charge is 0.221 e. The number of anilines is 2. The van der Waals surface area contributed by atoms with E-state index in [4.69, 9.17) is 0 Å². The number of carbonyl (C=O) groups excluding carboxylic acids is 1. The molecule has 1 aromatic carbocycles. The molecule has 1 rings (SSSR count). The summed E-state index contributed by atoms with van der Waals surface area (Å²) >= 11 is 0. The Morgan fingerprint density at radius 3 is 2.70 bits per heavy atom. The number of hydrogen-bond donors (Lipinski definition) is 2. The molecule has 1 aromatic rings. The van der Waals surface area contributed by atoms with Crippen molar-refractivity contribution in [1.82, 2.24) is 0 Å². The maximum atomic E-state index is 13.5. The van der Waals surface area contributed by atoms with Crippen LogP contribution < -0.4 is 10.6 Å². The number of amides is 1. The van der Waals surface area contributed by atoms with Crippen molar-refractivity contribution in [1.29, 1.82) is 0 Å². The minimum Gasteiger partial charge on any atom is -0.383 e. The first-order valence-corrected chi connectivity index (χ1v) is 7.36. The lowest BCUT2D eigenvalue weighted by molar-refractivity contribution is -0.114. The van der Waals surface area contributed by atoms with Crippen molar-refractivity contribution in [3.63, 3.8) is 0 Å². The zero-order valence-corrected chi connectivity index (χ0v) is 12.6. The minimum atomic E-state index is -0.415. The van der Waals surface area contributed by atoms with Gasteiger partial charge in [0, 0.05) is 18.7 Å². The Labute approximate surface area is 121 Å². The second kappa shape index (κ2) is 8.56. The molecule has 0 spiro atoms. The third kappa shape index (κ3) is 6.04. The fraction of sp³-hybridized carbons (Fsp3) is 0.562. The molecule has 0 aliphatic rings. The van der Waals surface area contributed by atoms with Crippen LogP contribution in [0.15, 0.2) is 18.2 Å². The Morgan fingerprint density at radius 2 is 2.05 bits per heavy atom. The molecule has 0 aromatic heterocycles. The van der Waals surface area contributed by atoms with Crippen molar-refractivity contribution in [2.45, 2.75) is 58.9 Å². The summed E-state index contributed by atoms with van der Waals surface area (Å²) in [5.74, 6) is -0.685. The predicted octanol–water partition coefficient (Wildman–Crippen LogP) is 4.55. The van der Waals surface area contributed by atoms with Crippen LogP contribution >= 0.6 is 0 Å². The van der Waals surface area contributed by atoms with Crippen LogP contribution in [0.2, 0.25) is 0 Å². The first-order valence-electron chi connectivity index (χ1n) is 7.36. The van der Waals surface area contributed by atoms with E-state index >= 15 is 0 Å². The molecular weight excluding hydrogens is 255 g/mol. The normalized spacial score (nSPS) is 12.0. The highest BCUT2D eigenvalue weighted by Crippen LogP contribution is 2.21. The van der Waals surface area contributed by atoms with Crippen LogP contribution in [-0.2, 0) is 4.79 Å². The fourth-order valence-corrected chi connectivity index (χ4v) is 2.13. The fourth-order valence-electron chi connectivity index (χ4n) is 2.13. The average molecular weight is 280 g/mol. The first kappa shape index (κ1) is 16.5. The number of unbranched alkanes of at least 4 members (excludes halogenated alkanes) is 3. The van der Waals surface area contributed by atoms with E-state index in [2.05, 4.69) is 24.5 Å². The van der Waals surface area contributed by atoms with Crippen LogP contribution in [0.4, 0.5) is 15.8 Å². The van der Waals surface area contributed by atoms with Gasteiger partial charge >= 0.3 is 0 Å². The lowest BCUT2D eigenvalue weighted by Gasteiger charge is -2.16. The molecule has 0 saturated carbocycles. The highest BCUT2D eigenvalue weighted by molar-refractivity contribution is 5.89. The van der Waals surface area contributed by atoms with Crippen LogP contribution in [0.3, 0.4) is 0 Å². The second-order valence-corrected chi connectivity index (χ2v) is 5.27. The van der Waals surface area contributed by atoms with Crippen LogP contribution in [0.25, 0.3) is 0 Å². The summed E-state index contributed by atoms with van der Waals surface area (Å²) in [6.45, 7) is 5.69. The quantitative estimate of drug-likeness (QED) is 0.686. The number of rotatable bonds is 8. The van der Waals surface area contributed by atoms with Crippen LogP contribution in [0.1, 0.15) is 52.9 Å². The molecule has 2 N–H and O–H groups in total. The Bertz CT molecular complexity index is 434. The van der Waals surface area contributed by atoms with Crippen molar-refractivity contribution in [3.8, 4) is 0 Å². The van der Waals surface area contributed by atoms with Crippen molar-refractivity contribution in [3.05, 3.63) is 24.0 Å². The van der Waals surface area contributed by atoms with Crippen molar-refractivity contribution in [2.75, 3.05) is 10.6 Å². The van der Waals surface area contributed by atoms with Gasteiger partial charge in [-0.25, -0.2) is 4.39 Å². The largest absolute Gasteiger partial charge is 0.383 e. The van der Waals surface area contributed by atoms with Gasteiger partial charge in [0.1, 0.15) is 5.82 Å². The highest BCUT2D eigenvalue weighted by Gasteiger charge is 2.07. The van der Waals surface area contributed by atoms with Crippen molar-refractivity contribution < 1.29 is 9.18 Å². The van der Waals surface area contributed by atoms with Gasteiger partial charge in [0.15, 0.2) is 0 Å². The topological polar surface area (TPSA) is 41.1 Å². The molecule has 0 saturated heterocycles. The van der Waals surface area contributed by atoms with Gasteiger partial charge in [-0.3, -0.25) is 4.79 Å². The maximum absolute atomic E-state index is 13.5.